The minimum absolute atomic E-state index is 0.0420. The van der Waals surface area contributed by atoms with Gasteiger partial charge >= 0.3 is 11.9 Å². The van der Waals surface area contributed by atoms with E-state index in [1.165, 1.54) is 30.3 Å². The number of anilines is 1. The highest BCUT2D eigenvalue weighted by atomic mass is 32.2. The van der Waals surface area contributed by atoms with Crippen molar-refractivity contribution in [1.82, 2.24) is 4.72 Å². The first-order valence-corrected chi connectivity index (χ1v) is 11.7. The fourth-order valence-electron chi connectivity index (χ4n) is 2.87. The zero-order valence-corrected chi connectivity index (χ0v) is 18.7. The van der Waals surface area contributed by atoms with E-state index in [-0.39, 0.29) is 10.7 Å². The van der Waals surface area contributed by atoms with Gasteiger partial charge in [0.2, 0.25) is 0 Å². The van der Waals surface area contributed by atoms with Gasteiger partial charge in [-0.2, -0.15) is 0 Å². The van der Waals surface area contributed by atoms with E-state index in [2.05, 4.69) is 15.0 Å². The third-order valence-corrected chi connectivity index (χ3v) is 5.93. The molecule has 0 spiro atoms. The van der Waals surface area contributed by atoms with Gasteiger partial charge in [-0.05, 0) is 42.8 Å². The smallest absolute Gasteiger partial charge is 0.338 e. The quantitative estimate of drug-likeness (QED) is 0.418. The van der Waals surface area contributed by atoms with Crippen LogP contribution >= 0.6 is 0 Å². The molecule has 0 fully saturated rings. The number of unbranched alkanes of at least 4 members (excludes halogenated alkanes) is 1. The second-order valence-corrected chi connectivity index (χ2v) is 8.69. The zero-order chi connectivity index (χ0) is 23.8. The topological polar surface area (TPSA) is 140 Å². The number of aliphatic imine (C=N–C) groups is 1. The minimum atomic E-state index is -3.70. The molecule has 2 aromatic carbocycles. The fourth-order valence-corrected chi connectivity index (χ4v) is 4.12. The third-order valence-electron chi connectivity index (χ3n) is 4.53. The van der Waals surface area contributed by atoms with E-state index < -0.39 is 41.0 Å². The van der Waals surface area contributed by atoms with E-state index in [1.54, 1.807) is 18.2 Å². The molecule has 2 N–H and O–H groups in total. The first-order chi connectivity index (χ1) is 15.8. The standard InChI is InChI=1S/C22H23N3O7S/c1-2-3-12-31-22(28)15-8-10-16(11-9-15)24-19(26)14-32-20(27)13-23-21-17-6-4-5-7-18(17)33(29,30)25-21/h4-11H,2-3,12-14H2,1H3,(H,23,25)(H,24,26). The van der Waals surface area contributed by atoms with Crippen molar-refractivity contribution in [3.8, 4) is 0 Å². The number of sulfonamides is 1. The summed E-state index contributed by atoms with van der Waals surface area (Å²) in [7, 11) is -3.70. The molecule has 1 amide bonds. The number of carbonyl (C=O) groups is 3. The summed E-state index contributed by atoms with van der Waals surface area (Å²) in [6, 6.07) is 12.4. The molecule has 0 atom stereocenters. The van der Waals surface area contributed by atoms with Crippen molar-refractivity contribution in [3.63, 3.8) is 0 Å². The Labute approximate surface area is 191 Å². The molecule has 2 aromatic rings. The lowest BCUT2D eigenvalue weighted by Gasteiger charge is -2.07. The van der Waals surface area contributed by atoms with Gasteiger partial charge in [0.05, 0.1) is 17.1 Å². The summed E-state index contributed by atoms with van der Waals surface area (Å²) in [4.78, 5) is 39.8. The maximum atomic E-state index is 12.0. The number of hydrogen-bond acceptors (Lipinski definition) is 8. The van der Waals surface area contributed by atoms with E-state index in [0.717, 1.165) is 12.8 Å². The van der Waals surface area contributed by atoms with Crippen molar-refractivity contribution in [2.24, 2.45) is 4.99 Å². The lowest BCUT2D eigenvalue weighted by Crippen LogP contribution is -2.25. The number of esters is 2. The molecule has 33 heavy (non-hydrogen) atoms. The van der Waals surface area contributed by atoms with Crippen LogP contribution < -0.4 is 10.0 Å². The lowest BCUT2D eigenvalue weighted by molar-refractivity contribution is -0.145. The molecule has 0 aromatic heterocycles. The highest BCUT2D eigenvalue weighted by molar-refractivity contribution is 7.90. The van der Waals surface area contributed by atoms with Crippen molar-refractivity contribution >= 4 is 39.4 Å². The van der Waals surface area contributed by atoms with Crippen molar-refractivity contribution in [2.45, 2.75) is 24.7 Å². The predicted molar refractivity (Wildman–Crippen MR) is 119 cm³/mol. The Balaban J connectivity index is 1.46. The van der Waals surface area contributed by atoms with Crippen LogP contribution in [0, 0.1) is 0 Å². The van der Waals surface area contributed by atoms with Crippen molar-refractivity contribution in [3.05, 3.63) is 59.7 Å². The Hall–Kier alpha value is -3.73. The molecule has 1 heterocycles. The lowest BCUT2D eigenvalue weighted by atomic mass is 10.2. The summed E-state index contributed by atoms with van der Waals surface area (Å²) in [5.74, 6) is -1.78. The average molecular weight is 474 g/mol. The molecule has 10 nitrogen and oxygen atoms in total. The van der Waals surface area contributed by atoms with Crippen LogP contribution in [0.25, 0.3) is 0 Å². The summed E-state index contributed by atoms with van der Waals surface area (Å²) >= 11 is 0. The number of fused-ring (bicyclic) bond motifs is 1. The maximum Gasteiger partial charge on any atom is 0.338 e. The molecule has 0 saturated heterocycles. The zero-order valence-electron chi connectivity index (χ0n) is 17.9. The Morgan fingerprint density at radius 1 is 1.03 bits per heavy atom. The average Bonchev–Trinajstić information content (AvgIpc) is 3.07. The van der Waals surface area contributed by atoms with Gasteiger partial charge in [0.25, 0.3) is 15.9 Å². The molecule has 0 aliphatic carbocycles. The van der Waals surface area contributed by atoms with Gasteiger partial charge in [0.15, 0.2) is 6.61 Å². The Morgan fingerprint density at radius 2 is 1.76 bits per heavy atom. The molecule has 0 saturated carbocycles. The number of amidine groups is 1. The number of ether oxygens (including phenoxy) is 2. The Bertz CT molecular complexity index is 1170. The summed E-state index contributed by atoms with van der Waals surface area (Å²) < 4.78 is 36.3. The van der Waals surface area contributed by atoms with Gasteiger partial charge in [-0.15, -0.1) is 0 Å². The van der Waals surface area contributed by atoms with Gasteiger partial charge in [-0.25, -0.2) is 13.2 Å². The van der Waals surface area contributed by atoms with Crippen LogP contribution in [-0.4, -0.2) is 51.9 Å². The highest BCUT2D eigenvalue weighted by Crippen LogP contribution is 2.22. The summed E-state index contributed by atoms with van der Waals surface area (Å²) in [5.41, 5.74) is 1.14. The minimum Gasteiger partial charge on any atom is -0.462 e. The molecule has 1 aliphatic heterocycles. The van der Waals surface area contributed by atoms with E-state index >= 15 is 0 Å². The molecular weight excluding hydrogens is 450 g/mol. The first-order valence-electron chi connectivity index (χ1n) is 10.2. The molecule has 174 valence electrons. The van der Waals surface area contributed by atoms with Gasteiger partial charge in [0, 0.05) is 11.3 Å². The second kappa shape index (κ2) is 10.7. The monoisotopic (exact) mass is 473 g/mol. The van der Waals surface area contributed by atoms with Crippen LogP contribution in [-0.2, 0) is 29.1 Å². The highest BCUT2D eigenvalue weighted by Gasteiger charge is 2.30. The molecule has 1 aliphatic rings. The molecule has 0 radical (unpaired) electrons. The first kappa shape index (κ1) is 23.9. The Morgan fingerprint density at radius 3 is 2.48 bits per heavy atom. The molecule has 0 bridgehead atoms. The summed E-state index contributed by atoms with van der Waals surface area (Å²) in [6.07, 6.45) is 1.71. The number of nitrogens with one attached hydrogen (secondary N) is 2. The number of carbonyl (C=O) groups excluding carboxylic acids is 3. The third kappa shape index (κ3) is 6.39. The van der Waals surface area contributed by atoms with Gasteiger partial charge in [0.1, 0.15) is 12.4 Å². The summed E-state index contributed by atoms with van der Waals surface area (Å²) in [6.45, 7) is 1.33. The molecule has 0 unspecified atom stereocenters. The van der Waals surface area contributed by atoms with Crippen molar-refractivity contribution in [2.75, 3.05) is 25.1 Å². The van der Waals surface area contributed by atoms with Crippen LogP contribution in [0.2, 0.25) is 0 Å². The van der Waals surface area contributed by atoms with Crippen molar-refractivity contribution in [1.29, 1.82) is 0 Å². The van der Waals surface area contributed by atoms with E-state index in [9.17, 15) is 22.8 Å². The van der Waals surface area contributed by atoms with Crippen molar-refractivity contribution < 1.29 is 32.3 Å². The van der Waals surface area contributed by atoms with E-state index in [1.807, 2.05) is 6.92 Å². The van der Waals surface area contributed by atoms with Gasteiger partial charge in [-0.1, -0.05) is 25.5 Å². The molecular formula is C22H23N3O7S. The van der Waals surface area contributed by atoms with Crippen LogP contribution in [0.4, 0.5) is 5.69 Å². The van der Waals surface area contributed by atoms with Crippen LogP contribution in [0.3, 0.4) is 0 Å². The fraction of sp³-hybridized carbons (Fsp3) is 0.273. The normalized spacial score (nSPS) is 14.8. The number of hydrogen-bond donors (Lipinski definition) is 2. The predicted octanol–water partition coefficient (Wildman–Crippen LogP) is 1.86. The Kier molecular flexibility index (Phi) is 7.78. The van der Waals surface area contributed by atoms with Crippen LogP contribution in [0.5, 0.6) is 0 Å². The van der Waals surface area contributed by atoms with E-state index in [0.29, 0.717) is 23.4 Å². The van der Waals surface area contributed by atoms with Gasteiger partial charge in [-0.3, -0.25) is 19.3 Å². The second-order valence-electron chi connectivity index (χ2n) is 7.04. The SMILES string of the molecule is CCCCOC(=O)c1ccc(NC(=O)COC(=O)CN=C2NS(=O)(=O)c3ccccc32)cc1. The van der Waals surface area contributed by atoms with Crippen LogP contribution in [0.1, 0.15) is 35.7 Å². The molecule has 11 heteroatoms. The largest absolute Gasteiger partial charge is 0.462 e. The van der Waals surface area contributed by atoms with Gasteiger partial charge < -0.3 is 14.8 Å². The summed E-state index contributed by atoms with van der Waals surface area (Å²) in [5, 5.41) is 2.54. The number of benzene rings is 2. The number of nitrogens with zero attached hydrogens (tertiary/aromatic N) is 1. The number of amides is 1. The van der Waals surface area contributed by atoms with E-state index in [4.69, 9.17) is 9.47 Å². The van der Waals surface area contributed by atoms with Crippen LogP contribution in [0.15, 0.2) is 58.4 Å². The number of rotatable bonds is 9. The maximum absolute atomic E-state index is 12.0. The molecule has 3 rings (SSSR count).